The first-order valence-corrected chi connectivity index (χ1v) is 6.82. The van der Waals surface area contributed by atoms with Gasteiger partial charge in [-0.15, -0.1) is 17.2 Å². The molecular formula is C18H14NOV3Y4-3. The van der Waals surface area contributed by atoms with Gasteiger partial charge in [0.05, 0.1) is 0 Å². The van der Waals surface area contributed by atoms with Crippen molar-refractivity contribution in [3.05, 3.63) is 81.6 Å². The topological polar surface area (TPSA) is 22.0 Å². The summed E-state index contributed by atoms with van der Waals surface area (Å²) in [5.41, 5.74) is 7.75. The van der Waals surface area contributed by atoms with Crippen LogP contribution in [0.15, 0.2) is 29.1 Å². The van der Waals surface area contributed by atoms with Gasteiger partial charge in [0.1, 0.15) is 0 Å². The summed E-state index contributed by atoms with van der Waals surface area (Å²) in [6.45, 7) is 5.75. The molecule has 27 heavy (non-hydrogen) atoms. The summed E-state index contributed by atoms with van der Waals surface area (Å²) in [6.07, 6.45) is 6.19. The van der Waals surface area contributed by atoms with Crippen molar-refractivity contribution in [3.8, 4) is 0 Å². The average molecular weight is 769 g/mol. The van der Waals surface area contributed by atoms with Crippen molar-refractivity contribution in [1.29, 1.82) is 0 Å². The van der Waals surface area contributed by atoms with Crippen molar-refractivity contribution in [2.24, 2.45) is 0 Å². The minimum absolute atomic E-state index is 0. The molecule has 1 aromatic carbocycles. The Morgan fingerprint density at radius 2 is 1.59 bits per heavy atom. The molecule has 0 saturated carbocycles. The van der Waals surface area contributed by atoms with Crippen LogP contribution in [0.2, 0.25) is 0 Å². The molecule has 127 valence electrons. The third-order valence-corrected chi connectivity index (χ3v) is 4.24. The third-order valence-electron chi connectivity index (χ3n) is 4.24. The zero-order valence-corrected chi connectivity index (χ0v) is 30.7. The maximum Gasteiger partial charge on any atom is 0.0125 e. The van der Waals surface area contributed by atoms with Gasteiger partial charge in [-0.2, -0.15) is 23.0 Å². The number of rotatable bonds is 0. The van der Waals surface area contributed by atoms with Crippen molar-refractivity contribution in [2.45, 2.75) is 20.3 Å². The summed E-state index contributed by atoms with van der Waals surface area (Å²) < 4.78 is 1.97. The largest absolute Gasteiger partial charge is 0.589 e. The van der Waals surface area contributed by atoms with Crippen LogP contribution in [-0.4, -0.2) is 4.57 Å². The molecular weight excluding hydrogens is 755 g/mol. The molecule has 0 bridgehead atoms. The second-order valence-corrected chi connectivity index (χ2v) is 5.45. The van der Waals surface area contributed by atoms with E-state index in [1.54, 1.807) is 0 Å². The Hall–Kier alpha value is 3.82. The second-order valence-electron chi connectivity index (χ2n) is 5.45. The van der Waals surface area contributed by atoms with Crippen molar-refractivity contribution in [3.63, 3.8) is 0 Å². The standard InChI is InChI=1S/C18H14NO.3V.4Y/c1-11-10-19-8-7-15-14-6-4-3-5-13(14)9-16(15)17(19)12(2)18(11)20;;;;;;;/h3-8H,9H2,1-2H3;;;;;;;/q-3;;;;;;;. The molecule has 2 aliphatic rings. The minimum Gasteiger partial charge on any atom is -0.589 e. The first-order chi connectivity index (χ1) is 9.66. The Labute approximate surface area is 297 Å². The first kappa shape index (κ1) is 38.1. The number of pyridine rings is 1. The monoisotopic (exact) mass is 769 g/mol. The van der Waals surface area contributed by atoms with E-state index in [1.807, 2.05) is 25.0 Å². The van der Waals surface area contributed by atoms with Crippen LogP contribution in [0.1, 0.15) is 27.9 Å². The average Bonchev–Trinajstić information content (AvgIpc) is 2.83. The summed E-state index contributed by atoms with van der Waals surface area (Å²) in [7, 11) is 0. The number of benzene rings is 1. The Kier molecular flexibility index (Phi) is 23.2. The van der Waals surface area contributed by atoms with Crippen molar-refractivity contribution < 1.29 is 187 Å². The van der Waals surface area contributed by atoms with Gasteiger partial charge in [-0.05, 0) is 0 Å². The number of nitrogens with zero attached hydrogens (tertiary/aromatic N) is 1. The van der Waals surface area contributed by atoms with Crippen molar-refractivity contribution in [2.75, 3.05) is 0 Å². The molecule has 1 aliphatic heterocycles. The summed E-state index contributed by atoms with van der Waals surface area (Å²) in [5.74, 6) is 0. The fourth-order valence-corrected chi connectivity index (χ4v) is 3.28. The molecule has 4 rings (SSSR count). The molecule has 0 unspecified atom stereocenters. The van der Waals surface area contributed by atoms with Crippen LogP contribution in [-0.2, 0) is 193 Å². The number of fused-ring (bicyclic) bond motifs is 4. The molecule has 9 heteroatoms. The third kappa shape index (κ3) is 7.41. The fourth-order valence-electron chi connectivity index (χ4n) is 3.28. The van der Waals surface area contributed by atoms with Crippen LogP contribution in [0, 0.1) is 33.0 Å². The number of aromatic nitrogens is 1. The van der Waals surface area contributed by atoms with Gasteiger partial charge in [-0.3, -0.25) is 0 Å². The van der Waals surface area contributed by atoms with Crippen LogP contribution in [0.4, 0.5) is 0 Å². The van der Waals surface area contributed by atoms with Crippen LogP contribution in [0.5, 0.6) is 0 Å². The zero-order valence-electron chi connectivity index (χ0n) is 15.2. The Morgan fingerprint density at radius 3 is 2.22 bits per heavy atom. The van der Waals surface area contributed by atoms with Crippen LogP contribution in [0.3, 0.4) is 0 Å². The molecule has 1 aliphatic carbocycles. The molecule has 2 aromatic rings. The Balaban J connectivity index is -0.000000378. The number of hydrogen-bond acceptors (Lipinski definition) is 1. The maximum absolute atomic E-state index is 12.2. The summed E-state index contributed by atoms with van der Waals surface area (Å²) in [4.78, 5) is 12.2. The van der Waals surface area contributed by atoms with E-state index < -0.39 is 0 Å². The van der Waals surface area contributed by atoms with Gasteiger partial charge >= 0.3 is 0 Å². The van der Waals surface area contributed by atoms with E-state index in [9.17, 15) is 4.79 Å². The van der Waals surface area contributed by atoms with Gasteiger partial charge in [0.15, 0.2) is 0 Å². The Morgan fingerprint density at radius 1 is 1.00 bits per heavy atom. The summed E-state index contributed by atoms with van der Waals surface area (Å²) in [5, 5.41) is 0. The maximum atomic E-state index is 12.2. The predicted octanol–water partition coefficient (Wildman–Crippen LogP) is 2.94. The molecule has 2 nitrogen and oxygen atoms in total. The molecule has 1 aromatic heterocycles. The van der Waals surface area contributed by atoms with E-state index in [0.717, 1.165) is 17.7 Å². The van der Waals surface area contributed by atoms with E-state index in [0.29, 0.717) is 5.56 Å². The second kappa shape index (κ2) is 16.4. The van der Waals surface area contributed by atoms with E-state index in [4.69, 9.17) is 0 Å². The molecule has 0 amide bonds. The molecule has 2 heterocycles. The molecule has 0 spiro atoms. The van der Waals surface area contributed by atoms with Crippen LogP contribution >= 0.6 is 0 Å². The smallest absolute Gasteiger partial charge is 0.0125 e. The SMILES string of the molecule is Cc1[c-]n2c(c(C)c1=O)C1=C([CH-][CH-]2)c2ccccc2C1.[V].[V].[V].[Y].[Y].[Y].[Y]. The first-order valence-electron chi connectivity index (χ1n) is 6.82. The number of allylic oxidation sites excluding steroid dienone is 2. The Bertz CT molecular complexity index is 853. The molecule has 0 atom stereocenters. The van der Waals surface area contributed by atoms with Crippen molar-refractivity contribution in [1.82, 2.24) is 4.57 Å². The normalized spacial score (nSPS) is 11.2. The van der Waals surface area contributed by atoms with Gasteiger partial charge in [-0.1, -0.05) is 38.5 Å². The summed E-state index contributed by atoms with van der Waals surface area (Å²) in [6, 6.07) is 8.46. The van der Waals surface area contributed by atoms with E-state index in [2.05, 4.69) is 36.9 Å². The zero-order chi connectivity index (χ0) is 13.9. The summed E-state index contributed by atoms with van der Waals surface area (Å²) >= 11 is 0. The molecule has 0 fully saturated rings. The van der Waals surface area contributed by atoms with Gasteiger partial charge in [0, 0.05) is 192 Å². The van der Waals surface area contributed by atoms with Gasteiger partial charge in [0.2, 0.25) is 0 Å². The quantitative estimate of drug-likeness (QED) is 0.379. The van der Waals surface area contributed by atoms with Crippen molar-refractivity contribution >= 4 is 11.1 Å². The predicted molar refractivity (Wildman–Crippen MR) is 80.0 cm³/mol. The molecule has 0 saturated heterocycles. The molecule has 7 radical (unpaired) electrons. The van der Waals surface area contributed by atoms with Gasteiger partial charge in [0.25, 0.3) is 0 Å². The van der Waals surface area contributed by atoms with Crippen LogP contribution < -0.4 is 5.43 Å². The molecule has 0 N–H and O–H groups in total. The van der Waals surface area contributed by atoms with E-state index in [1.165, 1.54) is 22.3 Å². The van der Waals surface area contributed by atoms with Gasteiger partial charge in [-0.25, -0.2) is 24.1 Å². The van der Waals surface area contributed by atoms with Gasteiger partial charge < -0.3 is 9.36 Å². The van der Waals surface area contributed by atoms with Crippen LogP contribution in [0.25, 0.3) is 11.1 Å². The van der Waals surface area contributed by atoms with E-state index >= 15 is 0 Å². The van der Waals surface area contributed by atoms with E-state index in [-0.39, 0.29) is 192 Å². The number of hydrogen-bond donors (Lipinski definition) is 0. The fraction of sp³-hybridized carbons (Fsp3) is 0.167. The minimum atomic E-state index is 0. The number of aryl methyl sites for hydroxylation is 1.